The lowest BCUT2D eigenvalue weighted by Gasteiger charge is -2.38. The van der Waals surface area contributed by atoms with Gasteiger partial charge in [-0.05, 0) is 42.4 Å². The normalized spacial score (nSPS) is 20.6. The minimum atomic E-state index is 0.0776. The first kappa shape index (κ1) is 21.5. The molecule has 0 spiro atoms. The number of benzene rings is 1. The van der Waals surface area contributed by atoms with Gasteiger partial charge in [-0.25, -0.2) is 0 Å². The molecular weight excluding hydrogens is 368 g/mol. The highest BCUT2D eigenvalue weighted by atomic mass is 16.7. The second kappa shape index (κ2) is 10.5. The molecule has 3 rings (SSSR count). The lowest BCUT2D eigenvalue weighted by Crippen LogP contribution is -2.44. The summed E-state index contributed by atoms with van der Waals surface area (Å²) in [5, 5.41) is 3.03. The molecule has 0 radical (unpaired) electrons. The van der Waals surface area contributed by atoms with Gasteiger partial charge in [-0.15, -0.1) is 0 Å². The predicted molar refractivity (Wildman–Crippen MR) is 112 cm³/mol. The Labute approximate surface area is 173 Å². The summed E-state index contributed by atoms with van der Waals surface area (Å²) in [6.07, 6.45) is 6.33. The van der Waals surface area contributed by atoms with E-state index in [1.54, 1.807) is 0 Å². The molecule has 0 saturated carbocycles. The summed E-state index contributed by atoms with van der Waals surface area (Å²) in [5.41, 5.74) is 1.00. The van der Waals surface area contributed by atoms with Crippen molar-refractivity contribution in [3.05, 3.63) is 23.8 Å². The SMILES string of the molecule is CCCCCC(=O)N1CCC(CC(=O)NCc2ccc3c(c2)OCO3)C(CC)C1. The summed E-state index contributed by atoms with van der Waals surface area (Å²) < 4.78 is 10.7. The van der Waals surface area contributed by atoms with Crippen LogP contribution in [0.5, 0.6) is 11.5 Å². The van der Waals surface area contributed by atoms with E-state index in [-0.39, 0.29) is 18.6 Å². The van der Waals surface area contributed by atoms with E-state index in [2.05, 4.69) is 19.2 Å². The number of nitrogens with one attached hydrogen (secondary N) is 1. The van der Waals surface area contributed by atoms with Crippen LogP contribution in [0, 0.1) is 11.8 Å². The Morgan fingerprint density at radius 2 is 1.97 bits per heavy atom. The van der Waals surface area contributed by atoms with Gasteiger partial charge in [-0.3, -0.25) is 9.59 Å². The maximum atomic E-state index is 12.5. The van der Waals surface area contributed by atoms with Crippen LogP contribution in [0.15, 0.2) is 18.2 Å². The molecule has 2 heterocycles. The van der Waals surface area contributed by atoms with Gasteiger partial charge in [-0.1, -0.05) is 39.2 Å². The summed E-state index contributed by atoms with van der Waals surface area (Å²) in [6.45, 7) is 6.63. The number of amides is 2. The highest BCUT2D eigenvalue weighted by Crippen LogP contribution is 2.33. The summed E-state index contributed by atoms with van der Waals surface area (Å²) >= 11 is 0. The van der Waals surface area contributed by atoms with E-state index in [1.807, 2.05) is 23.1 Å². The van der Waals surface area contributed by atoms with Crippen molar-refractivity contribution >= 4 is 11.8 Å². The molecule has 1 saturated heterocycles. The standard InChI is InChI=1S/C23H34N2O4/c1-3-5-6-7-23(27)25-11-10-19(18(4-2)15-25)13-22(26)24-14-17-8-9-20-21(12-17)29-16-28-20/h8-9,12,18-19H,3-7,10-11,13-16H2,1-2H3,(H,24,26). The van der Waals surface area contributed by atoms with Gasteiger partial charge in [0.05, 0.1) is 0 Å². The fourth-order valence-corrected chi connectivity index (χ4v) is 4.28. The fourth-order valence-electron chi connectivity index (χ4n) is 4.28. The molecule has 6 nitrogen and oxygen atoms in total. The van der Waals surface area contributed by atoms with E-state index in [4.69, 9.17) is 9.47 Å². The minimum absolute atomic E-state index is 0.0776. The van der Waals surface area contributed by atoms with Crippen LogP contribution < -0.4 is 14.8 Å². The average Bonchev–Trinajstić information content (AvgIpc) is 3.20. The zero-order chi connectivity index (χ0) is 20.6. The molecule has 2 atom stereocenters. The van der Waals surface area contributed by atoms with Crippen molar-refractivity contribution in [1.82, 2.24) is 10.2 Å². The van der Waals surface area contributed by atoms with Gasteiger partial charge < -0.3 is 19.7 Å². The lowest BCUT2D eigenvalue weighted by molar-refractivity contribution is -0.134. The van der Waals surface area contributed by atoms with Crippen LogP contribution in [0.25, 0.3) is 0 Å². The van der Waals surface area contributed by atoms with E-state index in [0.717, 1.165) is 62.3 Å². The summed E-state index contributed by atoms with van der Waals surface area (Å²) in [5.74, 6) is 2.59. The van der Waals surface area contributed by atoms with Crippen molar-refractivity contribution in [3.8, 4) is 11.5 Å². The van der Waals surface area contributed by atoms with E-state index in [9.17, 15) is 9.59 Å². The molecule has 0 bridgehead atoms. The molecule has 0 aliphatic carbocycles. The first-order chi connectivity index (χ1) is 14.1. The molecule has 1 N–H and O–H groups in total. The van der Waals surface area contributed by atoms with Crippen molar-refractivity contribution in [2.24, 2.45) is 11.8 Å². The Morgan fingerprint density at radius 3 is 2.76 bits per heavy atom. The first-order valence-electron chi connectivity index (χ1n) is 11.0. The van der Waals surface area contributed by atoms with E-state index >= 15 is 0 Å². The van der Waals surface area contributed by atoms with Crippen molar-refractivity contribution in [2.45, 2.75) is 65.3 Å². The van der Waals surface area contributed by atoms with Crippen molar-refractivity contribution in [2.75, 3.05) is 19.9 Å². The number of piperidine rings is 1. The molecule has 160 valence electrons. The lowest BCUT2D eigenvalue weighted by atomic mass is 9.81. The Morgan fingerprint density at radius 1 is 1.14 bits per heavy atom. The van der Waals surface area contributed by atoms with Crippen LogP contribution >= 0.6 is 0 Å². The Kier molecular flexibility index (Phi) is 7.78. The summed E-state index contributed by atoms with van der Waals surface area (Å²) in [4.78, 5) is 27.0. The number of likely N-dealkylation sites (tertiary alicyclic amines) is 1. The molecule has 1 aromatic carbocycles. The molecule has 2 aliphatic rings. The first-order valence-corrected chi connectivity index (χ1v) is 11.0. The molecule has 29 heavy (non-hydrogen) atoms. The number of fused-ring (bicyclic) bond motifs is 1. The van der Waals surface area contributed by atoms with Gasteiger partial charge >= 0.3 is 0 Å². The highest BCUT2D eigenvalue weighted by molar-refractivity contribution is 5.77. The van der Waals surface area contributed by atoms with Crippen LogP contribution in [0.2, 0.25) is 0 Å². The number of carbonyl (C=O) groups excluding carboxylic acids is 2. The number of nitrogens with zero attached hydrogens (tertiary/aromatic N) is 1. The number of ether oxygens (including phenoxy) is 2. The Hall–Kier alpha value is -2.24. The Balaban J connectivity index is 1.44. The second-order valence-electron chi connectivity index (χ2n) is 8.18. The monoisotopic (exact) mass is 402 g/mol. The smallest absolute Gasteiger partial charge is 0.231 e. The van der Waals surface area contributed by atoms with Crippen LogP contribution in [-0.4, -0.2) is 36.6 Å². The van der Waals surface area contributed by atoms with E-state index in [1.165, 1.54) is 0 Å². The van der Waals surface area contributed by atoms with Crippen molar-refractivity contribution in [1.29, 1.82) is 0 Å². The predicted octanol–water partition coefficient (Wildman–Crippen LogP) is 3.88. The highest BCUT2D eigenvalue weighted by Gasteiger charge is 2.31. The van der Waals surface area contributed by atoms with Gasteiger partial charge in [-0.2, -0.15) is 0 Å². The van der Waals surface area contributed by atoms with Crippen LogP contribution in [0.4, 0.5) is 0 Å². The third-order valence-corrected chi connectivity index (χ3v) is 6.14. The topological polar surface area (TPSA) is 67.9 Å². The number of hydrogen-bond donors (Lipinski definition) is 1. The minimum Gasteiger partial charge on any atom is -0.454 e. The van der Waals surface area contributed by atoms with Crippen molar-refractivity contribution < 1.29 is 19.1 Å². The van der Waals surface area contributed by atoms with Gasteiger partial charge in [0.15, 0.2) is 11.5 Å². The zero-order valence-corrected chi connectivity index (χ0v) is 17.7. The van der Waals surface area contributed by atoms with Gasteiger partial charge in [0.25, 0.3) is 0 Å². The summed E-state index contributed by atoms with van der Waals surface area (Å²) in [7, 11) is 0. The zero-order valence-electron chi connectivity index (χ0n) is 17.7. The third kappa shape index (κ3) is 5.87. The fraction of sp³-hybridized carbons (Fsp3) is 0.652. The maximum absolute atomic E-state index is 12.5. The molecule has 0 aromatic heterocycles. The van der Waals surface area contributed by atoms with E-state index < -0.39 is 0 Å². The maximum Gasteiger partial charge on any atom is 0.231 e. The van der Waals surface area contributed by atoms with Gasteiger partial charge in [0.1, 0.15) is 0 Å². The number of hydrogen-bond acceptors (Lipinski definition) is 4. The Bertz CT molecular complexity index is 706. The molecule has 2 aliphatic heterocycles. The van der Waals surface area contributed by atoms with Gasteiger partial charge in [0, 0.05) is 32.5 Å². The van der Waals surface area contributed by atoms with Crippen LogP contribution in [0.3, 0.4) is 0 Å². The third-order valence-electron chi connectivity index (χ3n) is 6.14. The number of rotatable bonds is 9. The second-order valence-corrected chi connectivity index (χ2v) is 8.18. The average molecular weight is 403 g/mol. The molecule has 1 aromatic rings. The number of carbonyl (C=O) groups is 2. The molecule has 2 unspecified atom stereocenters. The molecular formula is C23H34N2O4. The van der Waals surface area contributed by atoms with Crippen LogP contribution in [0.1, 0.15) is 64.4 Å². The van der Waals surface area contributed by atoms with Crippen LogP contribution in [-0.2, 0) is 16.1 Å². The van der Waals surface area contributed by atoms with Gasteiger partial charge in [0.2, 0.25) is 18.6 Å². The summed E-state index contributed by atoms with van der Waals surface area (Å²) in [6, 6.07) is 5.75. The molecule has 1 fully saturated rings. The number of unbranched alkanes of at least 4 members (excludes halogenated alkanes) is 2. The van der Waals surface area contributed by atoms with Crippen molar-refractivity contribution in [3.63, 3.8) is 0 Å². The largest absolute Gasteiger partial charge is 0.454 e. The van der Waals surface area contributed by atoms with E-state index in [0.29, 0.717) is 31.2 Å². The molecule has 6 heteroatoms. The molecule has 2 amide bonds. The quantitative estimate of drug-likeness (QED) is 0.637.